The normalized spacial score (nSPS) is 18.7. The molecule has 2 aliphatic heterocycles. The van der Waals surface area contributed by atoms with E-state index in [0.29, 0.717) is 44.9 Å². The summed E-state index contributed by atoms with van der Waals surface area (Å²) in [7, 11) is 0. The number of amides is 2. The summed E-state index contributed by atoms with van der Waals surface area (Å²) < 4.78 is 19.3. The lowest BCUT2D eigenvalue weighted by Gasteiger charge is -2.37. The molecule has 2 amide bonds. The third-order valence-electron chi connectivity index (χ3n) is 5.25. The molecule has 6 nitrogen and oxygen atoms in total. The molecule has 3 rings (SSSR count). The number of carbonyl (C=O) groups excluding carboxylic acids is 2. The zero-order valence-electron chi connectivity index (χ0n) is 15.7. The molecule has 1 aromatic carbocycles. The van der Waals surface area contributed by atoms with Crippen LogP contribution in [0.5, 0.6) is 0 Å². The Bertz CT molecular complexity index is 779. The highest BCUT2D eigenvalue weighted by atomic mass is 19.1. The fraction of sp³-hybridized carbons (Fsp3) is 0.550. The molecule has 0 bridgehead atoms. The van der Waals surface area contributed by atoms with Crippen molar-refractivity contribution in [2.75, 3.05) is 26.2 Å². The number of halogens is 1. The minimum Gasteiger partial charge on any atom is -0.441 e. The summed E-state index contributed by atoms with van der Waals surface area (Å²) in [5.74, 6) is -0.392. The molecular weight excluding hydrogens is 349 g/mol. The molecule has 2 saturated heterocycles. The smallest absolute Gasteiger partial charge is 0.410 e. The van der Waals surface area contributed by atoms with Gasteiger partial charge in [0.25, 0.3) is 5.91 Å². The van der Waals surface area contributed by atoms with Gasteiger partial charge in [-0.1, -0.05) is 13.8 Å². The molecule has 0 aromatic heterocycles. The zero-order chi connectivity index (χ0) is 19.6. The molecule has 0 unspecified atom stereocenters. The van der Waals surface area contributed by atoms with Crippen LogP contribution in [0.3, 0.4) is 0 Å². The quantitative estimate of drug-likeness (QED) is 0.813. The van der Waals surface area contributed by atoms with Gasteiger partial charge >= 0.3 is 6.09 Å². The molecule has 0 radical (unpaired) electrons. The molecule has 0 N–H and O–H groups in total. The van der Waals surface area contributed by atoms with E-state index in [1.165, 1.54) is 6.07 Å². The van der Waals surface area contributed by atoms with Crippen molar-refractivity contribution in [1.29, 1.82) is 5.26 Å². The van der Waals surface area contributed by atoms with E-state index in [1.807, 2.05) is 6.07 Å². The molecule has 0 atom stereocenters. The lowest BCUT2D eigenvalue weighted by Crippen LogP contribution is -2.48. The van der Waals surface area contributed by atoms with Gasteiger partial charge in [0, 0.05) is 38.0 Å². The third-order valence-corrected chi connectivity index (χ3v) is 5.25. The highest BCUT2D eigenvalue weighted by Crippen LogP contribution is 2.34. The van der Waals surface area contributed by atoms with Crippen LogP contribution >= 0.6 is 0 Å². The molecule has 7 heteroatoms. The van der Waals surface area contributed by atoms with Gasteiger partial charge in [-0.15, -0.1) is 0 Å². The summed E-state index contributed by atoms with van der Waals surface area (Å²) in [5, 5.41) is 8.95. The van der Waals surface area contributed by atoms with Gasteiger partial charge in [0.05, 0.1) is 18.2 Å². The van der Waals surface area contributed by atoms with Gasteiger partial charge in [-0.2, -0.15) is 5.26 Å². The molecule has 27 heavy (non-hydrogen) atoms. The van der Waals surface area contributed by atoms with Crippen molar-refractivity contribution in [1.82, 2.24) is 9.80 Å². The van der Waals surface area contributed by atoms with Gasteiger partial charge < -0.3 is 14.5 Å². The van der Waals surface area contributed by atoms with Crippen LogP contribution in [0.1, 0.15) is 49.0 Å². The predicted octanol–water partition coefficient (Wildman–Crippen LogP) is 3.17. The number of hydrogen-bond donors (Lipinski definition) is 0. The van der Waals surface area contributed by atoms with Crippen molar-refractivity contribution in [2.24, 2.45) is 5.92 Å². The van der Waals surface area contributed by atoms with E-state index < -0.39 is 11.4 Å². The van der Waals surface area contributed by atoms with E-state index in [4.69, 9.17) is 10.00 Å². The molecule has 2 aliphatic rings. The van der Waals surface area contributed by atoms with Crippen LogP contribution in [0, 0.1) is 23.1 Å². The van der Waals surface area contributed by atoms with Crippen LogP contribution < -0.4 is 0 Å². The van der Waals surface area contributed by atoms with Crippen molar-refractivity contribution in [3.8, 4) is 6.07 Å². The van der Waals surface area contributed by atoms with Gasteiger partial charge in [-0.05, 0) is 30.5 Å². The number of benzene rings is 1. The van der Waals surface area contributed by atoms with E-state index in [-0.39, 0.29) is 23.1 Å². The molecule has 1 aromatic rings. The highest BCUT2D eigenvalue weighted by molar-refractivity contribution is 5.94. The fourth-order valence-electron chi connectivity index (χ4n) is 3.62. The number of ether oxygens (including phenoxy) is 1. The Hall–Kier alpha value is -2.62. The number of likely N-dealkylation sites (tertiary alicyclic amines) is 1. The first-order valence-electron chi connectivity index (χ1n) is 9.30. The van der Waals surface area contributed by atoms with Crippen LogP contribution in [0.25, 0.3) is 0 Å². The summed E-state index contributed by atoms with van der Waals surface area (Å²) in [6.07, 6.45) is 1.77. The number of carbonyl (C=O) groups is 2. The standard InChI is InChI=1S/C20H24FN3O3/c1-14(2)3-6-24-13-20(27-19(24)26)4-7-23(8-5-20)18(25)16-9-15(12-22)10-17(21)11-16/h9-11,14H,3-8,13H2,1-2H3. The second-order valence-electron chi connectivity index (χ2n) is 7.79. The van der Waals surface area contributed by atoms with E-state index >= 15 is 0 Å². The lowest BCUT2D eigenvalue weighted by atomic mass is 9.91. The average molecular weight is 373 g/mol. The Morgan fingerprint density at radius 2 is 2.04 bits per heavy atom. The van der Waals surface area contributed by atoms with E-state index in [9.17, 15) is 14.0 Å². The number of nitriles is 1. The SMILES string of the molecule is CC(C)CCN1CC2(CCN(C(=O)c3cc(F)cc(C#N)c3)CC2)OC1=O. The minimum atomic E-state index is -0.601. The Labute approximate surface area is 158 Å². The molecule has 1 spiro atoms. The fourth-order valence-corrected chi connectivity index (χ4v) is 3.62. The Kier molecular flexibility index (Phi) is 5.36. The van der Waals surface area contributed by atoms with Crippen LogP contribution in [0.15, 0.2) is 18.2 Å². The number of piperidine rings is 1. The maximum absolute atomic E-state index is 13.6. The molecule has 2 heterocycles. The van der Waals surface area contributed by atoms with Crippen molar-refractivity contribution in [3.63, 3.8) is 0 Å². The first-order chi connectivity index (χ1) is 12.8. The van der Waals surface area contributed by atoms with Gasteiger partial charge in [0.2, 0.25) is 0 Å². The number of hydrogen-bond acceptors (Lipinski definition) is 4. The van der Waals surface area contributed by atoms with Crippen molar-refractivity contribution >= 4 is 12.0 Å². The number of rotatable bonds is 4. The summed E-state index contributed by atoms with van der Waals surface area (Å²) in [5.41, 5.74) is -0.244. The van der Waals surface area contributed by atoms with Gasteiger partial charge in [0.1, 0.15) is 11.4 Å². The molecular formula is C20H24FN3O3. The van der Waals surface area contributed by atoms with Crippen LogP contribution in [-0.2, 0) is 4.74 Å². The predicted molar refractivity (Wildman–Crippen MR) is 96.5 cm³/mol. The van der Waals surface area contributed by atoms with Crippen molar-refractivity contribution in [3.05, 3.63) is 35.1 Å². The maximum Gasteiger partial charge on any atom is 0.410 e. The Balaban J connectivity index is 1.62. The van der Waals surface area contributed by atoms with Crippen molar-refractivity contribution < 1.29 is 18.7 Å². The number of nitrogens with zero attached hydrogens (tertiary/aromatic N) is 3. The molecule has 2 fully saturated rings. The Morgan fingerprint density at radius 1 is 1.33 bits per heavy atom. The van der Waals surface area contributed by atoms with Gasteiger partial charge in [-0.25, -0.2) is 9.18 Å². The van der Waals surface area contributed by atoms with Crippen LogP contribution in [0.4, 0.5) is 9.18 Å². The first kappa shape index (κ1) is 19.2. The monoisotopic (exact) mass is 373 g/mol. The Morgan fingerprint density at radius 3 is 2.67 bits per heavy atom. The van der Waals surface area contributed by atoms with Crippen molar-refractivity contribution in [2.45, 2.75) is 38.7 Å². The topological polar surface area (TPSA) is 73.6 Å². The van der Waals surface area contributed by atoms with E-state index in [0.717, 1.165) is 18.6 Å². The van der Waals surface area contributed by atoms with E-state index in [1.54, 1.807) is 9.80 Å². The van der Waals surface area contributed by atoms with Crippen LogP contribution in [-0.4, -0.2) is 53.6 Å². The van der Waals surface area contributed by atoms with E-state index in [2.05, 4.69) is 13.8 Å². The first-order valence-corrected chi connectivity index (χ1v) is 9.30. The van der Waals surface area contributed by atoms with Gasteiger partial charge in [0.15, 0.2) is 0 Å². The second kappa shape index (κ2) is 7.55. The summed E-state index contributed by atoms with van der Waals surface area (Å²) in [4.78, 5) is 28.2. The zero-order valence-corrected chi connectivity index (χ0v) is 15.7. The lowest BCUT2D eigenvalue weighted by molar-refractivity contribution is 0.00311. The minimum absolute atomic E-state index is 0.123. The summed E-state index contributed by atoms with van der Waals surface area (Å²) in [6.45, 7) is 6.34. The largest absolute Gasteiger partial charge is 0.441 e. The average Bonchev–Trinajstić information content (AvgIpc) is 2.94. The summed E-state index contributed by atoms with van der Waals surface area (Å²) in [6, 6.07) is 5.52. The molecule has 0 saturated carbocycles. The molecule has 144 valence electrons. The highest BCUT2D eigenvalue weighted by Gasteiger charge is 2.47. The second-order valence-corrected chi connectivity index (χ2v) is 7.79. The summed E-state index contributed by atoms with van der Waals surface area (Å²) >= 11 is 0. The van der Waals surface area contributed by atoms with Crippen LogP contribution in [0.2, 0.25) is 0 Å². The maximum atomic E-state index is 13.6. The third kappa shape index (κ3) is 4.21. The molecule has 0 aliphatic carbocycles. The van der Waals surface area contributed by atoms with Gasteiger partial charge in [-0.3, -0.25) is 4.79 Å².